The van der Waals surface area contributed by atoms with E-state index >= 15 is 0 Å². The molecule has 0 spiro atoms. The molecule has 2 aliphatic heterocycles. The Morgan fingerprint density at radius 2 is 0.935 bits per heavy atom. The summed E-state index contributed by atoms with van der Waals surface area (Å²) in [7, 11) is 1.25. The van der Waals surface area contributed by atoms with Gasteiger partial charge in [0.05, 0.1) is 0 Å². The number of nitrogens with zero attached hydrogens (tertiary/aromatic N) is 2. The maximum absolute atomic E-state index is 12.5. The first kappa shape index (κ1) is 21.3. The van der Waals surface area contributed by atoms with Crippen LogP contribution in [0.25, 0.3) is 0 Å². The second-order valence-electron chi connectivity index (χ2n) is 8.09. The summed E-state index contributed by atoms with van der Waals surface area (Å²) in [6.07, 6.45) is 6.70. The highest BCUT2D eigenvalue weighted by molar-refractivity contribution is 6.20. The van der Waals surface area contributed by atoms with Gasteiger partial charge < -0.3 is 19.1 Å². The second kappa shape index (κ2) is 10.4. The van der Waals surface area contributed by atoms with E-state index in [0.29, 0.717) is 22.6 Å². The predicted octanol–water partition coefficient (Wildman–Crippen LogP) is 3.93. The van der Waals surface area contributed by atoms with E-state index in [0.717, 1.165) is 51.9 Å². The molecule has 2 saturated heterocycles. The number of carbonyl (C=O) groups is 2. The molecule has 0 N–H and O–H groups in total. The van der Waals surface area contributed by atoms with Crippen molar-refractivity contribution in [2.24, 2.45) is 0 Å². The van der Waals surface area contributed by atoms with E-state index < -0.39 is 0 Å². The predicted molar refractivity (Wildman–Crippen MR) is 119 cm³/mol. The van der Waals surface area contributed by atoms with Crippen molar-refractivity contribution in [3.63, 3.8) is 0 Å². The Balaban J connectivity index is 1.24. The lowest BCUT2D eigenvalue weighted by Gasteiger charge is -2.26. The highest BCUT2D eigenvalue weighted by atomic mass is 16.6. The van der Waals surface area contributed by atoms with E-state index in [9.17, 15) is 9.59 Å². The summed E-state index contributed by atoms with van der Waals surface area (Å²) in [5.41, 5.74) is 1.34. The first-order valence-electron chi connectivity index (χ1n) is 11.1. The third kappa shape index (κ3) is 5.60. The van der Waals surface area contributed by atoms with Crippen LogP contribution in [-0.2, 0) is 0 Å². The Hall–Kier alpha value is -2.96. The van der Waals surface area contributed by atoms with E-state index in [1.165, 1.54) is 20.5 Å². The quantitative estimate of drug-likeness (QED) is 0.666. The minimum Gasteiger partial charge on any atom is -0.526 e. The van der Waals surface area contributed by atoms with Crippen molar-refractivity contribution < 1.29 is 18.9 Å². The van der Waals surface area contributed by atoms with Crippen molar-refractivity contribution >= 4 is 19.5 Å². The Bertz CT molecular complexity index is 800. The molecule has 2 fully saturated rings. The van der Waals surface area contributed by atoms with Crippen LogP contribution in [0.3, 0.4) is 0 Å². The third-order valence-corrected chi connectivity index (χ3v) is 5.86. The fraction of sp³-hybridized carbons (Fsp3) is 0.417. The van der Waals surface area contributed by atoms with Crippen LogP contribution in [0.1, 0.15) is 59.2 Å². The topological polar surface area (TPSA) is 59.1 Å². The molecule has 0 bridgehead atoms. The van der Waals surface area contributed by atoms with Crippen LogP contribution < -0.4 is 9.31 Å². The molecule has 7 heteroatoms. The molecule has 2 heterocycles. The number of likely N-dealkylation sites (tertiary alicyclic amines) is 2. The summed E-state index contributed by atoms with van der Waals surface area (Å²) in [5.74, 6) is 1.33. The zero-order valence-electron chi connectivity index (χ0n) is 17.8. The van der Waals surface area contributed by atoms with Gasteiger partial charge in [0.15, 0.2) is 0 Å². The number of piperidine rings is 2. The summed E-state index contributed by atoms with van der Waals surface area (Å²) < 4.78 is 11.0. The molecule has 6 nitrogen and oxygen atoms in total. The lowest BCUT2D eigenvalue weighted by Crippen LogP contribution is -2.35. The molecular weight excluding hydrogens is 391 g/mol. The number of carbonyl (C=O) groups excluding carboxylic acids is 2. The maximum atomic E-state index is 12.5. The molecule has 0 aromatic heterocycles. The molecule has 0 atom stereocenters. The van der Waals surface area contributed by atoms with Crippen molar-refractivity contribution in [2.75, 3.05) is 26.2 Å². The Labute approximate surface area is 184 Å². The van der Waals surface area contributed by atoms with Crippen LogP contribution in [0.4, 0.5) is 0 Å². The first-order chi connectivity index (χ1) is 15.2. The molecule has 2 amide bonds. The maximum Gasteiger partial charge on any atom is 0.658 e. The molecule has 161 valence electrons. The SMILES string of the molecule is O=C(c1ccc(O[B]Oc2ccc(C(=O)N3CCCCC3)cc2)cc1)N1CCCCC1. The minimum absolute atomic E-state index is 0.0747. The summed E-state index contributed by atoms with van der Waals surface area (Å²) in [5, 5.41) is 0. The van der Waals surface area contributed by atoms with Gasteiger partial charge in [-0.05, 0) is 87.1 Å². The van der Waals surface area contributed by atoms with E-state index in [2.05, 4.69) is 0 Å². The molecule has 0 saturated carbocycles. The second-order valence-corrected chi connectivity index (χ2v) is 8.09. The van der Waals surface area contributed by atoms with E-state index in [1.807, 2.05) is 9.80 Å². The van der Waals surface area contributed by atoms with E-state index in [-0.39, 0.29) is 11.8 Å². The van der Waals surface area contributed by atoms with Gasteiger partial charge >= 0.3 is 7.69 Å². The molecule has 0 aliphatic carbocycles. The average molecular weight is 419 g/mol. The van der Waals surface area contributed by atoms with Crippen molar-refractivity contribution in [3.8, 4) is 11.5 Å². The highest BCUT2D eigenvalue weighted by Crippen LogP contribution is 2.18. The van der Waals surface area contributed by atoms with Crippen LogP contribution in [0.5, 0.6) is 11.5 Å². The average Bonchev–Trinajstić information content (AvgIpc) is 2.85. The van der Waals surface area contributed by atoms with Gasteiger partial charge in [-0.1, -0.05) is 0 Å². The number of rotatable bonds is 6. The molecule has 0 unspecified atom stereocenters. The Morgan fingerprint density at radius 1 is 0.581 bits per heavy atom. The number of amides is 2. The monoisotopic (exact) mass is 419 g/mol. The van der Waals surface area contributed by atoms with Crippen LogP contribution in [-0.4, -0.2) is 55.5 Å². The Morgan fingerprint density at radius 3 is 1.29 bits per heavy atom. The summed E-state index contributed by atoms with van der Waals surface area (Å²) in [6.45, 7) is 3.34. The molecule has 2 aromatic rings. The van der Waals surface area contributed by atoms with Gasteiger partial charge in [-0.2, -0.15) is 0 Å². The third-order valence-electron chi connectivity index (χ3n) is 5.86. The van der Waals surface area contributed by atoms with Crippen LogP contribution in [0.15, 0.2) is 48.5 Å². The fourth-order valence-corrected chi connectivity index (χ4v) is 4.05. The molecular formula is C24H28BN2O4. The molecule has 4 rings (SSSR count). The molecule has 1 radical (unpaired) electrons. The number of benzene rings is 2. The van der Waals surface area contributed by atoms with Gasteiger partial charge in [0, 0.05) is 37.3 Å². The smallest absolute Gasteiger partial charge is 0.526 e. The molecule has 2 aromatic carbocycles. The van der Waals surface area contributed by atoms with E-state index in [4.69, 9.17) is 9.31 Å². The van der Waals surface area contributed by atoms with Crippen LogP contribution in [0, 0.1) is 0 Å². The van der Waals surface area contributed by atoms with E-state index in [1.54, 1.807) is 48.5 Å². The normalized spacial score (nSPS) is 16.5. The zero-order chi connectivity index (χ0) is 21.5. The largest absolute Gasteiger partial charge is 0.658 e. The number of hydrogen-bond acceptors (Lipinski definition) is 4. The summed E-state index contributed by atoms with van der Waals surface area (Å²) >= 11 is 0. The van der Waals surface area contributed by atoms with Gasteiger partial charge in [-0.25, -0.2) is 0 Å². The minimum atomic E-state index is 0.0747. The van der Waals surface area contributed by atoms with Gasteiger partial charge in [0.2, 0.25) is 0 Å². The van der Waals surface area contributed by atoms with Crippen LogP contribution >= 0.6 is 0 Å². The van der Waals surface area contributed by atoms with Gasteiger partial charge in [-0.3, -0.25) is 9.59 Å². The van der Waals surface area contributed by atoms with Crippen molar-refractivity contribution in [1.29, 1.82) is 0 Å². The molecule has 31 heavy (non-hydrogen) atoms. The van der Waals surface area contributed by atoms with Crippen LogP contribution in [0.2, 0.25) is 0 Å². The van der Waals surface area contributed by atoms with Gasteiger partial charge in [0.25, 0.3) is 11.8 Å². The van der Waals surface area contributed by atoms with Crippen molar-refractivity contribution in [1.82, 2.24) is 9.80 Å². The molecule has 2 aliphatic rings. The summed E-state index contributed by atoms with van der Waals surface area (Å²) in [6, 6.07) is 14.2. The lowest BCUT2D eigenvalue weighted by atomic mass is 10.1. The van der Waals surface area contributed by atoms with Gasteiger partial charge in [-0.15, -0.1) is 0 Å². The Kier molecular flexibility index (Phi) is 7.13. The van der Waals surface area contributed by atoms with Crippen molar-refractivity contribution in [2.45, 2.75) is 38.5 Å². The van der Waals surface area contributed by atoms with Crippen molar-refractivity contribution in [3.05, 3.63) is 59.7 Å². The zero-order valence-corrected chi connectivity index (χ0v) is 17.8. The first-order valence-corrected chi connectivity index (χ1v) is 11.1. The van der Waals surface area contributed by atoms with Gasteiger partial charge in [0.1, 0.15) is 11.5 Å². The lowest BCUT2D eigenvalue weighted by molar-refractivity contribution is 0.0717. The fourth-order valence-electron chi connectivity index (χ4n) is 4.05. The summed E-state index contributed by atoms with van der Waals surface area (Å²) in [4.78, 5) is 28.8. The number of hydrogen-bond donors (Lipinski definition) is 0. The standard InChI is InChI=1S/C24H28BN2O4/c28-23(26-15-3-1-4-16-26)19-7-11-21(12-8-19)30-25-31-22-13-9-20(10-14-22)24(29)27-17-5-2-6-18-27/h7-14H,1-6,15-18H2. The highest BCUT2D eigenvalue weighted by Gasteiger charge is 2.19.